The number of H-pyrrole nitrogens is 1. The van der Waals surface area contributed by atoms with Gasteiger partial charge in [0.05, 0.1) is 6.42 Å². The maximum atomic E-state index is 12.2. The summed E-state index contributed by atoms with van der Waals surface area (Å²) in [5, 5.41) is 1.12. The highest BCUT2D eigenvalue weighted by Gasteiger charge is 2.14. The number of carbonyl (C=O) groups excluding carboxylic acids is 1. The molecule has 0 saturated carbocycles. The molecular weight excluding hydrogens is 238 g/mol. The molecule has 0 aliphatic heterocycles. The van der Waals surface area contributed by atoms with Gasteiger partial charge in [0.15, 0.2) is 0 Å². The Balaban J connectivity index is 2.06. The number of nitrogens with zero attached hydrogens (tertiary/aromatic N) is 1. The molecule has 0 radical (unpaired) electrons. The number of nitrogens with one attached hydrogen (secondary N) is 1. The molecule has 1 heterocycles. The largest absolute Gasteiger partial charge is 0.361 e. The third-order valence-corrected chi connectivity index (χ3v) is 3.43. The van der Waals surface area contributed by atoms with Crippen LogP contribution in [-0.4, -0.2) is 35.9 Å². The first-order valence-electron chi connectivity index (χ1n) is 6.61. The molecule has 0 saturated heterocycles. The summed E-state index contributed by atoms with van der Waals surface area (Å²) >= 11 is 0. The lowest BCUT2D eigenvalue weighted by Crippen LogP contribution is -2.34. The van der Waals surface area contributed by atoms with E-state index in [1.807, 2.05) is 37.5 Å². The van der Waals surface area contributed by atoms with Crippen molar-refractivity contribution in [3.8, 4) is 0 Å². The number of hydrogen-bond donors (Lipinski definition) is 2. The summed E-state index contributed by atoms with van der Waals surface area (Å²) in [5.74, 6) is 0.460. The van der Waals surface area contributed by atoms with Crippen LogP contribution in [0.15, 0.2) is 30.5 Å². The SMILES string of the molecule is CC(CN)CN(C)C(=O)Cc1c[nH]c2ccccc12. The van der Waals surface area contributed by atoms with Crippen molar-refractivity contribution < 1.29 is 4.79 Å². The fraction of sp³-hybridized carbons (Fsp3) is 0.400. The third-order valence-electron chi connectivity index (χ3n) is 3.43. The van der Waals surface area contributed by atoms with Crippen molar-refractivity contribution in [3.05, 3.63) is 36.0 Å². The monoisotopic (exact) mass is 259 g/mol. The van der Waals surface area contributed by atoms with Gasteiger partial charge in [0.25, 0.3) is 0 Å². The van der Waals surface area contributed by atoms with Gasteiger partial charge in [0, 0.05) is 30.7 Å². The Hall–Kier alpha value is -1.81. The van der Waals surface area contributed by atoms with Gasteiger partial charge in [0.1, 0.15) is 0 Å². The maximum absolute atomic E-state index is 12.2. The van der Waals surface area contributed by atoms with Crippen molar-refractivity contribution in [3.63, 3.8) is 0 Å². The van der Waals surface area contributed by atoms with E-state index in [0.29, 0.717) is 25.4 Å². The van der Waals surface area contributed by atoms with Gasteiger partial charge in [-0.3, -0.25) is 4.79 Å². The van der Waals surface area contributed by atoms with Crippen molar-refractivity contribution in [1.82, 2.24) is 9.88 Å². The molecule has 0 aliphatic rings. The van der Waals surface area contributed by atoms with Crippen molar-refractivity contribution in [2.45, 2.75) is 13.3 Å². The zero-order chi connectivity index (χ0) is 13.8. The van der Waals surface area contributed by atoms with E-state index in [2.05, 4.69) is 11.9 Å². The van der Waals surface area contributed by atoms with Gasteiger partial charge in [-0.15, -0.1) is 0 Å². The fourth-order valence-corrected chi connectivity index (χ4v) is 2.22. The van der Waals surface area contributed by atoms with Crippen LogP contribution < -0.4 is 5.73 Å². The highest BCUT2D eigenvalue weighted by atomic mass is 16.2. The number of aromatic amines is 1. The predicted molar refractivity (Wildman–Crippen MR) is 77.9 cm³/mol. The smallest absolute Gasteiger partial charge is 0.226 e. The summed E-state index contributed by atoms with van der Waals surface area (Å²) in [6.07, 6.45) is 2.35. The van der Waals surface area contributed by atoms with Crippen LogP contribution in [0.5, 0.6) is 0 Å². The molecule has 102 valence electrons. The van der Waals surface area contributed by atoms with Gasteiger partial charge in [-0.25, -0.2) is 0 Å². The Morgan fingerprint density at radius 2 is 2.16 bits per heavy atom. The van der Waals surface area contributed by atoms with Gasteiger partial charge in [0.2, 0.25) is 5.91 Å². The van der Waals surface area contributed by atoms with Crippen molar-refractivity contribution in [1.29, 1.82) is 0 Å². The molecule has 0 fully saturated rings. The van der Waals surface area contributed by atoms with E-state index in [0.717, 1.165) is 16.5 Å². The lowest BCUT2D eigenvalue weighted by atomic mass is 10.1. The second-order valence-corrected chi connectivity index (χ2v) is 5.15. The van der Waals surface area contributed by atoms with Crippen LogP contribution in [0.3, 0.4) is 0 Å². The molecular formula is C15H21N3O. The predicted octanol–water partition coefficient (Wildman–Crippen LogP) is 1.76. The summed E-state index contributed by atoms with van der Waals surface area (Å²) < 4.78 is 0. The summed E-state index contributed by atoms with van der Waals surface area (Å²) in [4.78, 5) is 17.1. The average molecular weight is 259 g/mol. The first-order chi connectivity index (χ1) is 9.11. The lowest BCUT2D eigenvalue weighted by Gasteiger charge is -2.20. The van der Waals surface area contributed by atoms with E-state index in [4.69, 9.17) is 5.73 Å². The molecule has 3 N–H and O–H groups in total. The molecule has 1 unspecified atom stereocenters. The molecule has 1 aromatic carbocycles. The van der Waals surface area contributed by atoms with Crippen molar-refractivity contribution in [2.75, 3.05) is 20.1 Å². The van der Waals surface area contributed by atoms with Crippen molar-refractivity contribution >= 4 is 16.8 Å². The van der Waals surface area contributed by atoms with Gasteiger partial charge < -0.3 is 15.6 Å². The van der Waals surface area contributed by atoms with Gasteiger partial charge in [-0.1, -0.05) is 25.1 Å². The number of likely N-dealkylation sites (N-methyl/N-ethyl adjacent to an activating group) is 1. The number of amides is 1. The molecule has 2 rings (SSSR count). The van der Waals surface area contributed by atoms with Crippen LogP contribution in [0.2, 0.25) is 0 Å². The Kier molecular flexibility index (Phi) is 4.22. The van der Waals surface area contributed by atoms with Gasteiger partial charge in [-0.2, -0.15) is 0 Å². The highest BCUT2D eigenvalue weighted by Crippen LogP contribution is 2.18. The second-order valence-electron chi connectivity index (χ2n) is 5.15. The van der Waals surface area contributed by atoms with Crippen LogP contribution in [0, 0.1) is 5.92 Å². The number of para-hydroxylation sites is 1. The van der Waals surface area contributed by atoms with E-state index in [1.54, 1.807) is 4.90 Å². The molecule has 1 amide bonds. The van der Waals surface area contributed by atoms with E-state index in [1.165, 1.54) is 0 Å². The first kappa shape index (κ1) is 13.6. The maximum Gasteiger partial charge on any atom is 0.226 e. The van der Waals surface area contributed by atoms with Gasteiger partial charge >= 0.3 is 0 Å². The first-order valence-corrected chi connectivity index (χ1v) is 6.61. The Bertz CT molecular complexity index is 561. The minimum Gasteiger partial charge on any atom is -0.361 e. The van der Waals surface area contributed by atoms with E-state index < -0.39 is 0 Å². The topological polar surface area (TPSA) is 62.1 Å². The molecule has 4 heteroatoms. The zero-order valence-corrected chi connectivity index (χ0v) is 11.5. The number of benzene rings is 1. The summed E-state index contributed by atoms with van der Waals surface area (Å²) in [7, 11) is 1.84. The Morgan fingerprint density at radius 3 is 2.89 bits per heavy atom. The Morgan fingerprint density at radius 1 is 1.42 bits per heavy atom. The second kappa shape index (κ2) is 5.89. The summed E-state index contributed by atoms with van der Waals surface area (Å²) in [6.45, 7) is 3.36. The average Bonchev–Trinajstić information content (AvgIpc) is 2.82. The standard InChI is InChI=1S/C15H21N3O/c1-11(8-16)10-18(2)15(19)7-12-9-17-14-6-4-3-5-13(12)14/h3-6,9,11,17H,7-8,10,16H2,1-2H3. The quantitative estimate of drug-likeness (QED) is 0.859. The lowest BCUT2D eigenvalue weighted by molar-refractivity contribution is -0.129. The van der Waals surface area contributed by atoms with Crippen molar-refractivity contribution in [2.24, 2.45) is 11.7 Å². The Labute approximate surface area is 113 Å². The number of rotatable bonds is 5. The van der Waals surface area contributed by atoms with E-state index in [-0.39, 0.29) is 5.91 Å². The molecule has 0 spiro atoms. The van der Waals surface area contributed by atoms with Crippen LogP contribution in [0.1, 0.15) is 12.5 Å². The van der Waals surface area contributed by atoms with E-state index in [9.17, 15) is 4.79 Å². The zero-order valence-electron chi connectivity index (χ0n) is 11.5. The normalized spacial score (nSPS) is 12.6. The minimum atomic E-state index is 0.130. The van der Waals surface area contributed by atoms with Crippen LogP contribution in [0.25, 0.3) is 10.9 Å². The third kappa shape index (κ3) is 3.15. The highest BCUT2D eigenvalue weighted by molar-refractivity contribution is 5.88. The number of hydrogen-bond acceptors (Lipinski definition) is 2. The minimum absolute atomic E-state index is 0.130. The molecule has 2 aromatic rings. The van der Waals surface area contributed by atoms with E-state index >= 15 is 0 Å². The number of fused-ring (bicyclic) bond motifs is 1. The molecule has 4 nitrogen and oxygen atoms in total. The summed E-state index contributed by atoms with van der Waals surface area (Å²) in [6, 6.07) is 8.03. The number of nitrogens with two attached hydrogens (primary N) is 1. The summed E-state index contributed by atoms with van der Waals surface area (Å²) in [5.41, 5.74) is 7.71. The number of aromatic nitrogens is 1. The molecule has 0 bridgehead atoms. The van der Waals surface area contributed by atoms with Crippen LogP contribution in [0.4, 0.5) is 0 Å². The fourth-order valence-electron chi connectivity index (χ4n) is 2.22. The number of carbonyl (C=O) groups is 1. The molecule has 19 heavy (non-hydrogen) atoms. The van der Waals surface area contributed by atoms with Gasteiger partial charge in [-0.05, 0) is 24.1 Å². The molecule has 1 aromatic heterocycles. The van der Waals surface area contributed by atoms with Crippen LogP contribution >= 0.6 is 0 Å². The molecule has 0 aliphatic carbocycles. The molecule has 1 atom stereocenters. The van der Waals surface area contributed by atoms with Crippen LogP contribution in [-0.2, 0) is 11.2 Å².